The molecule has 0 spiro atoms. The highest BCUT2D eigenvalue weighted by Gasteiger charge is 2.39. The molecule has 0 aliphatic heterocycles. The zero-order chi connectivity index (χ0) is 21.1. The van der Waals surface area contributed by atoms with Gasteiger partial charge in [-0.25, -0.2) is 0 Å². The Bertz CT molecular complexity index is 1110. The van der Waals surface area contributed by atoms with E-state index in [1.807, 2.05) is 18.2 Å². The summed E-state index contributed by atoms with van der Waals surface area (Å²) in [5.41, 5.74) is 8.43. The van der Waals surface area contributed by atoms with Gasteiger partial charge >= 0.3 is 0 Å². The average molecular weight is 390 g/mol. The fourth-order valence-electron chi connectivity index (χ4n) is 4.56. The fourth-order valence-corrected chi connectivity index (χ4v) is 4.56. The van der Waals surface area contributed by atoms with Gasteiger partial charge in [-0.15, -0.1) is 6.42 Å². The van der Waals surface area contributed by atoms with Crippen molar-refractivity contribution in [2.45, 2.75) is 26.2 Å². The van der Waals surface area contributed by atoms with Crippen LogP contribution < -0.4 is 4.90 Å². The molecule has 1 aliphatic carbocycles. The van der Waals surface area contributed by atoms with Crippen molar-refractivity contribution in [1.29, 1.82) is 0 Å². The molecule has 148 valence electrons. The van der Waals surface area contributed by atoms with E-state index in [0.29, 0.717) is 0 Å². The van der Waals surface area contributed by atoms with Gasteiger partial charge in [-0.1, -0.05) is 84.3 Å². The van der Waals surface area contributed by atoms with Crippen LogP contribution in [-0.2, 0) is 5.41 Å². The van der Waals surface area contributed by atoms with Crippen molar-refractivity contribution in [2.24, 2.45) is 0 Å². The van der Waals surface area contributed by atoms with Crippen molar-refractivity contribution in [1.82, 2.24) is 0 Å². The van der Waals surface area contributed by atoms with E-state index in [9.17, 15) is 0 Å². The molecule has 0 saturated heterocycles. The van der Waals surface area contributed by atoms with Gasteiger partial charge < -0.3 is 4.90 Å². The molecule has 1 heteroatoms. The predicted octanol–water partition coefficient (Wildman–Crippen LogP) is 6.96. The average Bonchev–Trinajstić information content (AvgIpc) is 3.07. The van der Waals surface area contributed by atoms with Crippen LogP contribution >= 0.6 is 0 Å². The van der Waals surface area contributed by atoms with Crippen molar-refractivity contribution < 1.29 is 0 Å². The van der Waals surface area contributed by atoms with Crippen molar-refractivity contribution >= 4 is 5.69 Å². The predicted molar refractivity (Wildman–Crippen MR) is 128 cm³/mol. The number of hydrogen-bond acceptors (Lipinski definition) is 1. The second kappa shape index (κ2) is 8.09. The highest BCUT2D eigenvalue weighted by Crippen LogP contribution is 2.52. The third kappa shape index (κ3) is 3.15. The van der Waals surface area contributed by atoms with E-state index in [1.54, 1.807) is 0 Å². The van der Waals surface area contributed by atoms with E-state index in [1.165, 1.54) is 27.8 Å². The monoisotopic (exact) mass is 389 g/mol. The summed E-state index contributed by atoms with van der Waals surface area (Å²) in [6.07, 6.45) is 10.2. The standard InChI is InChI=1S/C29H27N/c1-5-23(30(6-2)24-14-8-7-9-15-24)21-20-22(3)29(4)27-18-12-10-16-25(27)26-17-11-13-19-28(26)29/h1,7-21H,6H2,2-4H3. The summed E-state index contributed by atoms with van der Waals surface area (Å²) >= 11 is 0. The third-order valence-electron chi connectivity index (χ3n) is 6.32. The molecule has 3 aromatic rings. The minimum Gasteiger partial charge on any atom is -0.335 e. The normalized spacial score (nSPS) is 14.6. The van der Waals surface area contributed by atoms with E-state index < -0.39 is 0 Å². The second-order valence-electron chi connectivity index (χ2n) is 7.84. The lowest BCUT2D eigenvalue weighted by atomic mass is 9.74. The Morgan fingerprint density at radius 1 is 0.867 bits per heavy atom. The summed E-state index contributed by atoms with van der Waals surface area (Å²) < 4.78 is 0. The van der Waals surface area contributed by atoms with Gasteiger partial charge in [0, 0.05) is 17.6 Å². The van der Waals surface area contributed by atoms with Gasteiger partial charge in [-0.2, -0.15) is 0 Å². The summed E-state index contributed by atoms with van der Waals surface area (Å²) in [4.78, 5) is 2.17. The van der Waals surface area contributed by atoms with E-state index in [0.717, 1.165) is 17.9 Å². The first kappa shape index (κ1) is 19.8. The smallest absolute Gasteiger partial charge is 0.0920 e. The maximum absolute atomic E-state index is 5.92. The Labute approximate surface area is 180 Å². The molecule has 0 fully saturated rings. The lowest BCUT2D eigenvalue weighted by Crippen LogP contribution is -2.23. The lowest BCUT2D eigenvalue weighted by molar-refractivity contribution is 0.694. The number of fused-ring (bicyclic) bond motifs is 3. The molecule has 30 heavy (non-hydrogen) atoms. The molecule has 4 rings (SSSR count). The molecule has 3 aromatic carbocycles. The Balaban J connectivity index is 1.78. The highest BCUT2D eigenvalue weighted by atomic mass is 15.1. The molecule has 0 atom stereocenters. The van der Waals surface area contributed by atoms with Crippen LogP contribution in [0.2, 0.25) is 0 Å². The molecule has 0 N–H and O–H groups in total. The van der Waals surface area contributed by atoms with E-state index in [-0.39, 0.29) is 5.41 Å². The van der Waals surface area contributed by atoms with Gasteiger partial charge in [0.2, 0.25) is 0 Å². The zero-order valence-electron chi connectivity index (χ0n) is 17.9. The minimum atomic E-state index is -0.173. The molecule has 0 bridgehead atoms. The molecule has 1 nitrogen and oxygen atoms in total. The maximum atomic E-state index is 5.92. The van der Waals surface area contributed by atoms with Crippen LogP contribution in [0, 0.1) is 12.3 Å². The first-order valence-electron chi connectivity index (χ1n) is 10.5. The third-order valence-corrected chi connectivity index (χ3v) is 6.32. The minimum absolute atomic E-state index is 0.173. The molecule has 0 radical (unpaired) electrons. The Morgan fingerprint density at radius 2 is 1.40 bits per heavy atom. The SMILES string of the molecule is C#CC(=CC=C(C)C1(C)c2ccccc2-c2ccccc21)N(CC)c1ccccc1. The van der Waals surface area contributed by atoms with Crippen molar-refractivity contribution in [3.05, 3.63) is 113 Å². The molecule has 0 amide bonds. The molecular formula is C29H27N. The molecular weight excluding hydrogens is 362 g/mol. The number of allylic oxidation sites excluding steroid dienone is 4. The van der Waals surface area contributed by atoms with Crippen molar-refractivity contribution in [2.75, 3.05) is 11.4 Å². The van der Waals surface area contributed by atoms with Crippen LogP contribution in [0.1, 0.15) is 31.9 Å². The first-order valence-corrected chi connectivity index (χ1v) is 10.5. The van der Waals surface area contributed by atoms with Gasteiger partial charge in [0.1, 0.15) is 0 Å². The van der Waals surface area contributed by atoms with Crippen molar-refractivity contribution in [3.8, 4) is 23.5 Å². The molecule has 0 aromatic heterocycles. The number of para-hydroxylation sites is 1. The maximum Gasteiger partial charge on any atom is 0.0920 e. The van der Waals surface area contributed by atoms with E-state index >= 15 is 0 Å². The van der Waals surface area contributed by atoms with Crippen LogP contribution in [0.25, 0.3) is 11.1 Å². The summed E-state index contributed by atoms with van der Waals surface area (Å²) in [5.74, 6) is 2.89. The summed E-state index contributed by atoms with van der Waals surface area (Å²) in [6, 6.07) is 27.8. The Hall–Kier alpha value is -3.50. The summed E-state index contributed by atoms with van der Waals surface area (Å²) in [5, 5.41) is 0. The van der Waals surface area contributed by atoms with Crippen LogP contribution in [-0.4, -0.2) is 6.54 Å². The lowest BCUT2D eigenvalue weighted by Gasteiger charge is -2.29. The van der Waals surface area contributed by atoms with Crippen LogP contribution in [0.5, 0.6) is 0 Å². The molecule has 0 heterocycles. The molecule has 0 unspecified atom stereocenters. The number of anilines is 1. The van der Waals surface area contributed by atoms with Gasteiger partial charge in [0.25, 0.3) is 0 Å². The summed E-state index contributed by atoms with van der Waals surface area (Å²) in [7, 11) is 0. The topological polar surface area (TPSA) is 3.24 Å². The van der Waals surface area contributed by atoms with Gasteiger partial charge in [-0.05, 0) is 61.2 Å². The van der Waals surface area contributed by atoms with Crippen LogP contribution in [0.3, 0.4) is 0 Å². The van der Waals surface area contributed by atoms with Gasteiger partial charge in [0.15, 0.2) is 0 Å². The number of hydrogen-bond donors (Lipinski definition) is 0. The zero-order valence-corrected chi connectivity index (χ0v) is 17.9. The second-order valence-corrected chi connectivity index (χ2v) is 7.84. The van der Waals surface area contributed by atoms with Gasteiger partial charge in [0.05, 0.1) is 5.70 Å². The van der Waals surface area contributed by atoms with Crippen LogP contribution in [0.15, 0.2) is 102 Å². The van der Waals surface area contributed by atoms with E-state index in [2.05, 4.69) is 104 Å². The fraction of sp³-hybridized carbons (Fsp3) is 0.172. The quantitative estimate of drug-likeness (QED) is 0.337. The Morgan fingerprint density at radius 3 is 1.93 bits per heavy atom. The number of terminal acetylenes is 1. The highest BCUT2D eigenvalue weighted by molar-refractivity contribution is 5.82. The van der Waals surface area contributed by atoms with Gasteiger partial charge in [-0.3, -0.25) is 0 Å². The van der Waals surface area contributed by atoms with E-state index in [4.69, 9.17) is 6.42 Å². The number of benzene rings is 3. The Kier molecular flexibility index (Phi) is 5.34. The van der Waals surface area contributed by atoms with Crippen molar-refractivity contribution in [3.63, 3.8) is 0 Å². The number of nitrogens with zero attached hydrogens (tertiary/aromatic N) is 1. The molecule has 1 aliphatic rings. The number of rotatable bonds is 5. The van der Waals surface area contributed by atoms with Crippen LogP contribution in [0.4, 0.5) is 5.69 Å². The first-order chi connectivity index (χ1) is 14.6. The summed E-state index contributed by atoms with van der Waals surface area (Å²) in [6.45, 7) is 7.47. The largest absolute Gasteiger partial charge is 0.335 e. The molecule has 0 saturated carbocycles.